The van der Waals surface area contributed by atoms with E-state index in [4.69, 9.17) is 11.6 Å². The van der Waals surface area contributed by atoms with Gasteiger partial charge in [0.25, 0.3) is 5.69 Å². The molecule has 1 atom stereocenters. The maximum Gasteiger partial charge on any atom is 0.275 e. The summed E-state index contributed by atoms with van der Waals surface area (Å²) in [6.45, 7) is 4.62. The van der Waals surface area contributed by atoms with Gasteiger partial charge in [-0.15, -0.1) is 11.3 Å². The Bertz CT molecular complexity index is 642. The number of thiophene rings is 1. The van der Waals surface area contributed by atoms with Crippen LogP contribution in [0.4, 0.5) is 5.69 Å². The molecule has 0 radical (unpaired) electrons. The molecule has 1 aromatic carbocycles. The van der Waals surface area contributed by atoms with Crippen molar-refractivity contribution in [1.82, 2.24) is 5.32 Å². The first-order chi connectivity index (χ1) is 9.95. The van der Waals surface area contributed by atoms with Crippen molar-refractivity contribution in [1.29, 1.82) is 0 Å². The predicted molar refractivity (Wildman–Crippen MR) is 87.2 cm³/mol. The maximum atomic E-state index is 11.0. The molecule has 1 N–H and O–H groups in total. The third-order valence-electron chi connectivity index (χ3n) is 3.19. The van der Waals surface area contributed by atoms with Gasteiger partial charge in [-0.25, -0.2) is 0 Å². The number of rotatable bonds is 6. The molecule has 6 heteroatoms. The van der Waals surface area contributed by atoms with Gasteiger partial charge in [0.1, 0.15) is 0 Å². The van der Waals surface area contributed by atoms with Crippen molar-refractivity contribution in [3.63, 3.8) is 0 Å². The molecule has 0 fully saturated rings. The molecule has 0 saturated carbocycles. The van der Waals surface area contributed by atoms with Crippen LogP contribution in [0, 0.1) is 17.0 Å². The summed E-state index contributed by atoms with van der Waals surface area (Å²) in [5.74, 6) is 0. The second-order valence-electron chi connectivity index (χ2n) is 5.03. The highest BCUT2D eigenvalue weighted by molar-refractivity contribution is 7.11. The Morgan fingerprint density at radius 1 is 1.38 bits per heavy atom. The molecule has 0 saturated heterocycles. The lowest BCUT2D eigenvalue weighted by Crippen LogP contribution is -2.27. The van der Waals surface area contributed by atoms with E-state index in [9.17, 15) is 10.1 Å². The molecule has 1 heterocycles. The quantitative estimate of drug-likeness (QED) is 0.635. The van der Waals surface area contributed by atoms with Crippen LogP contribution >= 0.6 is 22.9 Å². The van der Waals surface area contributed by atoms with Gasteiger partial charge in [-0.3, -0.25) is 10.1 Å². The van der Waals surface area contributed by atoms with E-state index in [1.54, 1.807) is 23.5 Å². The van der Waals surface area contributed by atoms with Crippen LogP contribution in [-0.4, -0.2) is 11.0 Å². The molecule has 0 amide bonds. The van der Waals surface area contributed by atoms with Crippen molar-refractivity contribution in [2.45, 2.75) is 32.9 Å². The van der Waals surface area contributed by atoms with Crippen LogP contribution in [-0.2, 0) is 13.0 Å². The highest BCUT2D eigenvalue weighted by atomic mass is 35.5. The minimum Gasteiger partial charge on any atom is -0.310 e. The van der Waals surface area contributed by atoms with Crippen molar-refractivity contribution in [2.75, 3.05) is 0 Å². The second-order valence-corrected chi connectivity index (χ2v) is 6.84. The third-order valence-corrected chi connectivity index (χ3v) is 4.45. The van der Waals surface area contributed by atoms with Gasteiger partial charge in [0.05, 0.1) is 4.92 Å². The van der Waals surface area contributed by atoms with E-state index in [2.05, 4.69) is 31.3 Å². The zero-order valence-electron chi connectivity index (χ0n) is 11.9. The Hall–Kier alpha value is -1.43. The van der Waals surface area contributed by atoms with Gasteiger partial charge in [0.15, 0.2) is 0 Å². The van der Waals surface area contributed by atoms with E-state index in [0.29, 0.717) is 17.1 Å². The zero-order chi connectivity index (χ0) is 15.4. The SMILES string of the molecule is Cc1ccc(CC(C)NCc2ccc(Cl)cc2[N+](=O)[O-])s1. The van der Waals surface area contributed by atoms with Crippen LogP contribution in [0.5, 0.6) is 0 Å². The van der Waals surface area contributed by atoms with Crippen molar-refractivity contribution >= 4 is 28.6 Å². The molecule has 2 rings (SSSR count). The van der Waals surface area contributed by atoms with Crippen molar-refractivity contribution in [3.8, 4) is 0 Å². The average Bonchev–Trinajstić information content (AvgIpc) is 2.82. The fraction of sp³-hybridized carbons (Fsp3) is 0.333. The molecule has 1 unspecified atom stereocenters. The summed E-state index contributed by atoms with van der Waals surface area (Å²) >= 11 is 7.59. The Balaban J connectivity index is 1.97. The zero-order valence-corrected chi connectivity index (χ0v) is 13.5. The summed E-state index contributed by atoms with van der Waals surface area (Å²) in [6, 6.07) is 9.26. The summed E-state index contributed by atoms with van der Waals surface area (Å²) in [7, 11) is 0. The number of benzene rings is 1. The van der Waals surface area contributed by atoms with Gasteiger partial charge < -0.3 is 5.32 Å². The molecular weight excluding hydrogens is 308 g/mol. The summed E-state index contributed by atoms with van der Waals surface area (Å²) in [5, 5.41) is 14.7. The van der Waals surface area contributed by atoms with Crippen molar-refractivity contribution < 1.29 is 4.92 Å². The topological polar surface area (TPSA) is 55.2 Å². The Morgan fingerprint density at radius 2 is 2.14 bits per heavy atom. The minimum atomic E-state index is -0.393. The fourth-order valence-electron chi connectivity index (χ4n) is 2.11. The molecule has 112 valence electrons. The lowest BCUT2D eigenvalue weighted by Gasteiger charge is -2.13. The first kappa shape index (κ1) is 15.9. The Kier molecular flexibility index (Phi) is 5.33. The number of nitrogens with one attached hydrogen (secondary N) is 1. The molecule has 0 aliphatic carbocycles. The Morgan fingerprint density at radius 3 is 2.76 bits per heavy atom. The van der Waals surface area contributed by atoms with Gasteiger partial charge in [-0.1, -0.05) is 11.6 Å². The smallest absolute Gasteiger partial charge is 0.275 e. The van der Waals surface area contributed by atoms with Gasteiger partial charge in [-0.2, -0.15) is 0 Å². The van der Waals surface area contributed by atoms with Crippen LogP contribution in [0.15, 0.2) is 30.3 Å². The lowest BCUT2D eigenvalue weighted by molar-refractivity contribution is -0.385. The van der Waals surface area contributed by atoms with Crippen LogP contribution in [0.25, 0.3) is 0 Å². The third kappa shape index (κ3) is 4.52. The number of hydrogen-bond donors (Lipinski definition) is 1. The molecule has 0 bridgehead atoms. The van der Waals surface area contributed by atoms with Crippen LogP contribution in [0.1, 0.15) is 22.2 Å². The maximum absolute atomic E-state index is 11.0. The minimum absolute atomic E-state index is 0.0640. The predicted octanol–water partition coefficient (Wildman–Crippen LogP) is 4.34. The monoisotopic (exact) mass is 324 g/mol. The number of nitro benzene ring substituents is 1. The van der Waals surface area contributed by atoms with Gasteiger partial charge in [0.2, 0.25) is 0 Å². The van der Waals surface area contributed by atoms with E-state index >= 15 is 0 Å². The van der Waals surface area contributed by atoms with Gasteiger partial charge >= 0.3 is 0 Å². The molecule has 21 heavy (non-hydrogen) atoms. The normalized spacial score (nSPS) is 12.3. The highest BCUT2D eigenvalue weighted by Crippen LogP contribution is 2.23. The number of hydrogen-bond acceptors (Lipinski definition) is 4. The molecule has 2 aromatic rings. The molecule has 4 nitrogen and oxygen atoms in total. The van der Waals surface area contributed by atoms with Crippen LogP contribution in [0.2, 0.25) is 5.02 Å². The van der Waals surface area contributed by atoms with E-state index in [0.717, 1.165) is 6.42 Å². The number of aryl methyl sites for hydroxylation is 1. The van der Waals surface area contributed by atoms with Crippen LogP contribution < -0.4 is 5.32 Å². The van der Waals surface area contributed by atoms with Gasteiger partial charge in [-0.05, 0) is 44.5 Å². The number of nitro groups is 1. The molecule has 0 spiro atoms. The van der Waals surface area contributed by atoms with E-state index in [-0.39, 0.29) is 11.7 Å². The van der Waals surface area contributed by atoms with Crippen LogP contribution in [0.3, 0.4) is 0 Å². The molecular formula is C15H17ClN2O2S. The summed E-state index contributed by atoms with van der Waals surface area (Å²) in [5.41, 5.74) is 0.716. The molecule has 0 aliphatic heterocycles. The second kappa shape index (κ2) is 7.02. The largest absolute Gasteiger partial charge is 0.310 e. The van der Waals surface area contributed by atoms with E-state index in [1.165, 1.54) is 15.8 Å². The van der Waals surface area contributed by atoms with Gasteiger partial charge in [0, 0.05) is 39.0 Å². The number of nitrogens with zero attached hydrogens (tertiary/aromatic N) is 1. The molecule has 0 aliphatic rings. The summed E-state index contributed by atoms with van der Waals surface area (Å²) in [6.07, 6.45) is 0.917. The highest BCUT2D eigenvalue weighted by Gasteiger charge is 2.15. The fourth-order valence-corrected chi connectivity index (χ4v) is 3.29. The van der Waals surface area contributed by atoms with E-state index in [1.807, 2.05) is 0 Å². The number of halogens is 1. The standard InChI is InChI=1S/C15H17ClN2O2S/c1-10(7-14-6-3-11(2)21-14)17-9-12-4-5-13(16)8-15(12)18(19)20/h3-6,8,10,17H,7,9H2,1-2H3. The molecule has 1 aromatic heterocycles. The summed E-state index contributed by atoms with van der Waals surface area (Å²) in [4.78, 5) is 13.3. The lowest BCUT2D eigenvalue weighted by atomic mass is 10.1. The first-order valence-electron chi connectivity index (χ1n) is 6.67. The first-order valence-corrected chi connectivity index (χ1v) is 7.86. The van der Waals surface area contributed by atoms with Crippen molar-refractivity contribution in [3.05, 3.63) is 60.8 Å². The summed E-state index contributed by atoms with van der Waals surface area (Å²) < 4.78 is 0. The Labute approximate surface area is 132 Å². The van der Waals surface area contributed by atoms with E-state index < -0.39 is 4.92 Å². The van der Waals surface area contributed by atoms with Crippen molar-refractivity contribution in [2.24, 2.45) is 0 Å². The average molecular weight is 325 g/mol.